The standard InChI is InChI=1S/C13H15ClN2O3/c1-7-5-9(14)15-8-6-16(11(17)10(7)8)12(18)19-13(2,3)4/h5H,6H2,1-4H3. The molecule has 2 rings (SSSR count). The maximum absolute atomic E-state index is 12.2. The first-order valence-electron chi connectivity index (χ1n) is 5.90. The number of pyridine rings is 1. The smallest absolute Gasteiger partial charge is 0.417 e. The molecule has 2 amide bonds. The van der Waals surface area contributed by atoms with E-state index in [0.717, 1.165) is 4.90 Å². The Kier molecular flexibility index (Phi) is 3.26. The molecule has 6 heteroatoms. The summed E-state index contributed by atoms with van der Waals surface area (Å²) < 4.78 is 5.20. The third-order valence-corrected chi connectivity index (χ3v) is 2.83. The van der Waals surface area contributed by atoms with Crippen molar-refractivity contribution in [2.24, 2.45) is 0 Å². The van der Waals surface area contributed by atoms with E-state index in [0.29, 0.717) is 22.0 Å². The van der Waals surface area contributed by atoms with Gasteiger partial charge in [-0.15, -0.1) is 0 Å². The van der Waals surface area contributed by atoms with Crippen LogP contribution in [-0.2, 0) is 11.3 Å². The monoisotopic (exact) mass is 282 g/mol. The first-order valence-corrected chi connectivity index (χ1v) is 6.28. The van der Waals surface area contributed by atoms with Gasteiger partial charge in [0.25, 0.3) is 5.91 Å². The SMILES string of the molecule is Cc1cc(Cl)nc2c1C(=O)N(C(=O)OC(C)(C)C)C2. The summed E-state index contributed by atoms with van der Waals surface area (Å²) in [5.74, 6) is -0.383. The molecule has 0 atom stereocenters. The Bertz CT molecular complexity index is 564. The van der Waals surface area contributed by atoms with Gasteiger partial charge in [-0.05, 0) is 39.3 Å². The molecule has 0 aromatic carbocycles. The Morgan fingerprint density at radius 3 is 2.68 bits per heavy atom. The highest BCUT2D eigenvalue weighted by Gasteiger charge is 2.37. The van der Waals surface area contributed by atoms with Crippen molar-refractivity contribution in [1.29, 1.82) is 0 Å². The maximum Gasteiger partial charge on any atom is 0.417 e. The molecule has 0 spiro atoms. The van der Waals surface area contributed by atoms with Crippen LogP contribution >= 0.6 is 11.6 Å². The molecule has 102 valence electrons. The zero-order chi connectivity index (χ0) is 14.4. The average molecular weight is 283 g/mol. The minimum Gasteiger partial charge on any atom is -0.443 e. The van der Waals surface area contributed by atoms with Crippen LogP contribution in [0.25, 0.3) is 0 Å². The number of nitrogens with zero attached hydrogens (tertiary/aromatic N) is 2. The zero-order valence-corrected chi connectivity index (χ0v) is 12.0. The van der Waals surface area contributed by atoms with Gasteiger partial charge in [-0.25, -0.2) is 14.7 Å². The van der Waals surface area contributed by atoms with Gasteiger partial charge >= 0.3 is 6.09 Å². The Morgan fingerprint density at radius 2 is 2.11 bits per heavy atom. The topological polar surface area (TPSA) is 59.5 Å². The second kappa shape index (κ2) is 4.49. The lowest BCUT2D eigenvalue weighted by Gasteiger charge is -2.23. The zero-order valence-electron chi connectivity index (χ0n) is 11.3. The molecule has 1 aliphatic heterocycles. The van der Waals surface area contributed by atoms with Crippen molar-refractivity contribution in [3.8, 4) is 0 Å². The normalized spacial score (nSPS) is 14.6. The van der Waals surface area contributed by atoms with Crippen LogP contribution in [0.3, 0.4) is 0 Å². The van der Waals surface area contributed by atoms with Crippen molar-refractivity contribution in [3.05, 3.63) is 28.0 Å². The summed E-state index contributed by atoms with van der Waals surface area (Å²) in [5, 5.41) is 0.315. The van der Waals surface area contributed by atoms with Gasteiger partial charge < -0.3 is 4.74 Å². The minimum atomic E-state index is -0.661. The predicted molar refractivity (Wildman–Crippen MR) is 70.1 cm³/mol. The first kappa shape index (κ1) is 13.8. The molecule has 1 aromatic rings. The highest BCUT2D eigenvalue weighted by atomic mass is 35.5. The number of amides is 2. The van der Waals surface area contributed by atoms with Crippen molar-refractivity contribution in [3.63, 3.8) is 0 Å². The average Bonchev–Trinajstić information content (AvgIpc) is 2.53. The molecular formula is C13H15ClN2O3. The van der Waals surface area contributed by atoms with Crippen molar-refractivity contribution in [2.45, 2.75) is 39.8 Å². The Balaban J connectivity index is 2.29. The van der Waals surface area contributed by atoms with Crippen LogP contribution in [0, 0.1) is 6.92 Å². The van der Waals surface area contributed by atoms with Crippen LogP contribution in [0.2, 0.25) is 5.15 Å². The molecule has 19 heavy (non-hydrogen) atoms. The van der Waals surface area contributed by atoms with E-state index in [-0.39, 0.29) is 12.5 Å². The van der Waals surface area contributed by atoms with Crippen LogP contribution in [0.15, 0.2) is 6.07 Å². The quantitative estimate of drug-likeness (QED) is 0.687. The summed E-state index contributed by atoms with van der Waals surface area (Å²) in [6.07, 6.45) is -0.661. The molecule has 5 nitrogen and oxygen atoms in total. The van der Waals surface area contributed by atoms with E-state index in [9.17, 15) is 9.59 Å². The van der Waals surface area contributed by atoms with E-state index in [1.807, 2.05) is 0 Å². The van der Waals surface area contributed by atoms with Crippen LogP contribution in [0.1, 0.15) is 42.4 Å². The maximum atomic E-state index is 12.2. The number of carbonyl (C=O) groups is 2. The number of imide groups is 1. The number of hydrogen-bond donors (Lipinski definition) is 0. The van der Waals surface area contributed by atoms with Crippen LogP contribution < -0.4 is 0 Å². The fourth-order valence-electron chi connectivity index (χ4n) is 1.92. The molecule has 1 aliphatic rings. The van der Waals surface area contributed by atoms with Crippen molar-refractivity contribution in [2.75, 3.05) is 0 Å². The molecular weight excluding hydrogens is 268 g/mol. The Morgan fingerprint density at radius 1 is 1.47 bits per heavy atom. The van der Waals surface area contributed by atoms with E-state index in [1.54, 1.807) is 33.8 Å². The Hall–Kier alpha value is -1.62. The lowest BCUT2D eigenvalue weighted by Crippen LogP contribution is -2.37. The van der Waals surface area contributed by atoms with E-state index in [1.165, 1.54) is 0 Å². The van der Waals surface area contributed by atoms with Crippen LogP contribution in [0.4, 0.5) is 4.79 Å². The fraction of sp³-hybridized carbons (Fsp3) is 0.462. The molecule has 0 unspecified atom stereocenters. The van der Waals surface area contributed by atoms with Gasteiger partial charge in [0.05, 0.1) is 17.8 Å². The van der Waals surface area contributed by atoms with Gasteiger partial charge in [0.2, 0.25) is 0 Å². The van der Waals surface area contributed by atoms with E-state index < -0.39 is 11.7 Å². The minimum absolute atomic E-state index is 0.102. The molecule has 0 saturated carbocycles. The second-order valence-electron chi connectivity index (χ2n) is 5.46. The summed E-state index contributed by atoms with van der Waals surface area (Å²) in [6.45, 7) is 7.12. The van der Waals surface area contributed by atoms with Crippen molar-refractivity contribution >= 4 is 23.6 Å². The number of carbonyl (C=O) groups excluding carboxylic acids is 2. The molecule has 1 aromatic heterocycles. The van der Waals surface area contributed by atoms with Gasteiger partial charge in [-0.1, -0.05) is 11.6 Å². The predicted octanol–water partition coefficient (Wildman–Crippen LogP) is 2.93. The molecule has 0 saturated heterocycles. The number of ether oxygens (including phenoxy) is 1. The van der Waals surface area contributed by atoms with Crippen LogP contribution in [-0.4, -0.2) is 27.5 Å². The van der Waals surface area contributed by atoms with Crippen LogP contribution in [0.5, 0.6) is 0 Å². The van der Waals surface area contributed by atoms with E-state index in [4.69, 9.17) is 16.3 Å². The number of aromatic nitrogens is 1. The molecule has 0 N–H and O–H groups in total. The van der Waals surface area contributed by atoms with Gasteiger partial charge in [0, 0.05) is 0 Å². The molecule has 0 bridgehead atoms. The summed E-state index contributed by atoms with van der Waals surface area (Å²) in [5.41, 5.74) is 1.02. The number of halogens is 1. The number of rotatable bonds is 0. The number of aryl methyl sites for hydroxylation is 1. The lowest BCUT2D eigenvalue weighted by atomic mass is 10.1. The Labute approximate surface area is 116 Å². The molecule has 0 fully saturated rings. The fourth-order valence-corrected chi connectivity index (χ4v) is 2.19. The summed E-state index contributed by atoms with van der Waals surface area (Å²) in [4.78, 5) is 29.3. The highest BCUT2D eigenvalue weighted by Crippen LogP contribution is 2.27. The third kappa shape index (κ3) is 2.71. The summed E-state index contributed by atoms with van der Waals surface area (Å²) in [7, 11) is 0. The molecule has 0 radical (unpaired) electrons. The van der Waals surface area contributed by atoms with E-state index >= 15 is 0 Å². The largest absolute Gasteiger partial charge is 0.443 e. The number of hydrogen-bond acceptors (Lipinski definition) is 4. The first-order chi connectivity index (χ1) is 8.69. The van der Waals surface area contributed by atoms with Gasteiger partial charge in [0.15, 0.2) is 0 Å². The van der Waals surface area contributed by atoms with Gasteiger partial charge in [-0.2, -0.15) is 0 Å². The number of fused-ring (bicyclic) bond motifs is 1. The van der Waals surface area contributed by atoms with Crippen molar-refractivity contribution in [1.82, 2.24) is 9.88 Å². The van der Waals surface area contributed by atoms with Gasteiger partial charge in [-0.3, -0.25) is 4.79 Å². The second-order valence-corrected chi connectivity index (χ2v) is 5.84. The molecule has 2 heterocycles. The van der Waals surface area contributed by atoms with Crippen molar-refractivity contribution < 1.29 is 14.3 Å². The third-order valence-electron chi connectivity index (χ3n) is 2.64. The molecule has 0 aliphatic carbocycles. The summed E-state index contributed by atoms with van der Waals surface area (Å²) in [6, 6.07) is 1.61. The van der Waals surface area contributed by atoms with E-state index in [2.05, 4.69) is 4.98 Å². The lowest BCUT2D eigenvalue weighted by molar-refractivity contribution is 0.0247. The van der Waals surface area contributed by atoms with Gasteiger partial charge in [0.1, 0.15) is 10.8 Å². The summed E-state index contributed by atoms with van der Waals surface area (Å²) >= 11 is 5.85. The highest BCUT2D eigenvalue weighted by molar-refractivity contribution is 6.29.